The summed E-state index contributed by atoms with van der Waals surface area (Å²) in [5, 5.41) is 4.09. The van der Waals surface area contributed by atoms with Gasteiger partial charge in [-0.2, -0.15) is 5.10 Å². The minimum absolute atomic E-state index is 0.102. The third-order valence-electron chi connectivity index (χ3n) is 4.65. The number of benzene rings is 1. The van der Waals surface area contributed by atoms with E-state index in [2.05, 4.69) is 17.0 Å². The van der Waals surface area contributed by atoms with E-state index in [0.29, 0.717) is 6.04 Å². The van der Waals surface area contributed by atoms with Gasteiger partial charge in [0.25, 0.3) is 5.91 Å². The first-order valence-corrected chi connectivity index (χ1v) is 7.87. The molecule has 1 fully saturated rings. The predicted octanol–water partition coefficient (Wildman–Crippen LogP) is 2.92. The van der Waals surface area contributed by atoms with Crippen LogP contribution < -0.4 is 0 Å². The van der Waals surface area contributed by atoms with E-state index >= 15 is 0 Å². The number of aromatic nitrogens is 3. The fourth-order valence-electron chi connectivity index (χ4n) is 3.10. The van der Waals surface area contributed by atoms with Crippen molar-refractivity contribution in [2.75, 3.05) is 7.05 Å². The van der Waals surface area contributed by atoms with Gasteiger partial charge < -0.3 is 4.90 Å². The summed E-state index contributed by atoms with van der Waals surface area (Å²) in [5.41, 5.74) is 1.63. The zero-order valence-corrected chi connectivity index (χ0v) is 13.1. The summed E-state index contributed by atoms with van der Waals surface area (Å²) in [6.07, 6.45) is 7.80. The topological polar surface area (TPSA) is 51.0 Å². The second-order valence-corrected chi connectivity index (χ2v) is 6.22. The van der Waals surface area contributed by atoms with Crippen molar-refractivity contribution in [1.82, 2.24) is 19.7 Å². The quantitative estimate of drug-likeness (QED) is 0.875. The summed E-state index contributed by atoms with van der Waals surface area (Å²) >= 11 is 0. The van der Waals surface area contributed by atoms with E-state index in [4.69, 9.17) is 0 Å². The molecule has 0 radical (unpaired) electrons. The van der Waals surface area contributed by atoms with Crippen LogP contribution in [0.1, 0.15) is 43.0 Å². The Hall–Kier alpha value is -2.17. The number of hydrogen-bond donors (Lipinski definition) is 0. The average Bonchev–Trinajstić information content (AvgIpc) is 3.09. The summed E-state index contributed by atoms with van der Waals surface area (Å²) in [7, 11) is 1.92. The molecule has 5 heteroatoms. The first-order valence-electron chi connectivity index (χ1n) is 7.87. The molecule has 2 aromatic rings. The van der Waals surface area contributed by atoms with Gasteiger partial charge in [-0.05, 0) is 55.9 Å². The molecule has 0 N–H and O–H groups in total. The SMILES string of the molecule is CC1CCC(N(C)C(=O)c2ccc(-n3cncn3)cc2)CC1. The van der Waals surface area contributed by atoms with E-state index in [9.17, 15) is 4.79 Å². The lowest BCUT2D eigenvalue weighted by Gasteiger charge is -2.33. The van der Waals surface area contributed by atoms with Crippen LogP contribution in [-0.2, 0) is 0 Å². The standard InChI is InChI=1S/C17H22N4O/c1-13-3-7-15(8-4-13)20(2)17(22)14-5-9-16(10-6-14)21-12-18-11-19-21/h5-6,9-13,15H,3-4,7-8H2,1-2H3. The highest BCUT2D eigenvalue weighted by Crippen LogP contribution is 2.27. The number of carbonyl (C=O) groups excluding carboxylic acids is 1. The molecule has 0 spiro atoms. The Morgan fingerprint density at radius 3 is 2.45 bits per heavy atom. The molecule has 0 atom stereocenters. The third-order valence-corrected chi connectivity index (χ3v) is 4.65. The molecule has 0 aliphatic heterocycles. The lowest BCUT2D eigenvalue weighted by Crippen LogP contribution is -2.39. The van der Waals surface area contributed by atoms with Gasteiger partial charge >= 0.3 is 0 Å². The highest BCUT2D eigenvalue weighted by atomic mass is 16.2. The molecule has 1 aromatic carbocycles. The largest absolute Gasteiger partial charge is 0.339 e. The highest BCUT2D eigenvalue weighted by Gasteiger charge is 2.25. The van der Waals surface area contributed by atoms with Gasteiger partial charge in [0.15, 0.2) is 0 Å². The molecule has 0 saturated heterocycles. The van der Waals surface area contributed by atoms with E-state index in [0.717, 1.165) is 30.0 Å². The smallest absolute Gasteiger partial charge is 0.253 e. The van der Waals surface area contributed by atoms with Gasteiger partial charge in [0.1, 0.15) is 12.7 Å². The maximum Gasteiger partial charge on any atom is 0.253 e. The molecular weight excluding hydrogens is 276 g/mol. The number of amides is 1. The molecule has 0 unspecified atom stereocenters. The zero-order valence-electron chi connectivity index (χ0n) is 13.1. The fraction of sp³-hybridized carbons (Fsp3) is 0.471. The lowest BCUT2D eigenvalue weighted by atomic mass is 9.86. The molecule has 3 rings (SSSR count). The third kappa shape index (κ3) is 3.03. The van der Waals surface area contributed by atoms with Gasteiger partial charge in [-0.15, -0.1) is 0 Å². The molecule has 0 bridgehead atoms. The second kappa shape index (κ2) is 6.30. The van der Waals surface area contributed by atoms with Crippen molar-refractivity contribution in [3.05, 3.63) is 42.5 Å². The van der Waals surface area contributed by atoms with Crippen LogP contribution in [0.3, 0.4) is 0 Å². The second-order valence-electron chi connectivity index (χ2n) is 6.22. The molecule has 1 saturated carbocycles. The van der Waals surface area contributed by atoms with E-state index < -0.39 is 0 Å². The van der Waals surface area contributed by atoms with Crippen molar-refractivity contribution in [2.24, 2.45) is 5.92 Å². The highest BCUT2D eigenvalue weighted by molar-refractivity contribution is 5.94. The van der Waals surface area contributed by atoms with Gasteiger partial charge in [0.05, 0.1) is 5.69 Å². The van der Waals surface area contributed by atoms with E-state index in [1.54, 1.807) is 11.0 Å². The number of rotatable bonds is 3. The van der Waals surface area contributed by atoms with E-state index in [1.807, 2.05) is 36.2 Å². The number of nitrogens with zero attached hydrogens (tertiary/aromatic N) is 4. The molecule has 1 amide bonds. The molecule has 5 nitrogen and oxygen atoms in total. The van der Waals surface area contributed by atoms with Crippen molar-refractivity contribution < 1.29 is 4.79 Å². The van der Waals surface area contributed by atoms with Gasteiger partial charge in [-0.25, -0.2) is 9.67 Å². The first-order chi connectivity index (χ1) is 10.6. The van der Waals surface area contributed by atoms with Crippen LogP contribution in [0.5, 0.6) is 0 Å². The maximum absolute atomic E-state index is 12.6. The first kappa shape index (κ1) is 14.8. The summed E-state index contributed by atoms with van der Waals surface area (Å²) in [5.74, 6) is 0.895. The summed E-state index contributed by atoms with van der Waals surface area (Å²) in [4.78, 5) is 18.5. The Bertz CT molecular complexity index is 613. The van der Waals surface area contributed by atoms with E-state index in [-0.39, 0.29) is 5.91 Å². The van der Waals surface area contributed by atoms with Crippen LogP contribution in [0, 0.1) is 5.92 Å². The monoisotopic (exact) mass is 298 g/mol. The Kier molecular flexibility index (Phi) is 4.22. The molecule has 1 aliphatic rings. The van der Waals surface area contributed by atoms with Gasteiger partial charge in [-0.1, -0.05) is 6.92 Å². The Balaban J connectivity index is 1.69. The predicted molar refractivity (Wildman–Crippen MR) is 84.9 cm³/mol. The molecule has 1 aromatic heterocycles. The van der Waals surface area contributed by atoms with Crippen LogP contribution in [0.2, 0.25) is 0 Å². The molecule has 22 heavy (non-hydrogen) atoms. The van der Waals surface area contributed by atoms with Crippen LogP contribution in [0.25, 0.3) is 5.69 Å². The van der Waals surface area contributed by atoms with Crippen molar-refractivity contribution in [2.45, 2.75) is 38.6 Å². The van der Waals surface area contributed by atoms with Gasteiger partial charge in [-0.3, -0.25) is 4.79 Å². The molecule has 1 heterocycles. The number of hydrogen-bond acceptors (Lipinski definition) is 3. The van der Waals surface area contributed by atoms with Gasteiger partial charge in [0.2, 0.25) is 0 Å². The average molecular weight is 298 g/mol. The van der Waals surface area contributed by atoms with Crippen molar-refractivity contribution in [3.63, 3.8) is 0 Å². The zero-order chi connectivity index (χ0) is 15.5. The molecular formula is C17H22N4O. The summed E-state index contributed by atoms with van der Waals surface area (Å²) in [6.45, 7) is 2.29. The summed E-state index contributed by atoms with van der Waals surface area (Å²) in [6, 6.07) is 7.90. The van der Waals surface area contributed by atoms with Crippen LogP contribution in [-0.4, -0.2) is 38.7 Å². The minimum Gasteiger partial charge on any atom is -0.339 e. The minimum atomic E-state index is 0.102. The fourth-order valence-corrected chi connectivity index (χ4v) is 3.10. The Morgan fingerprint density at radius 1 is 1.18 bits per heavy atom. The molecule has 1 aliphatic carbocycles. The number of carbonyl (C=O) groups is 1. The van der Waals surface area contributed by atoms with Crippen molar-refractivity contribution in [1.29, 1.82) is 0 Å². The maximum atomic E-state index is 12.6. The van der Waals surface area contributed by atoms with Gasteiger partial charge in [0, 0.05) is 18.7 Å². The Morgan fingerprint density at radius 2 is 1.86 bits per heavy atom. The summed E-state index contributed by atoms with van der Waals surface area (Å²) < 4.78 is 1.68. The van der Waals surface area contributed by atoms with E-state index in [1.165, 1.54) is 19.2 Å². The molecule has 116 valence electrons. The normalized spacial score (nSPS) is 21.5. The van der Waals surface area contributed by atoms with Crippen LogP contribution >= 0.6 is 0 Å². The lowest BCUT2D eigenvalue weighted by molar-refractivity contribution is 0.0679. The van der Waals surface area contributed by atoms with Crippen LogP contribution in [0.15, 0.2) is 36.9 Å². The van der Waals surface area contributed by atoms with Crippen molar-refractivity contribution in [3.8, 4) is 5.69 Å². The van der Waals surface area contributed by atoms with Crippen molar-refractivity contribution >= 4 is 5.91 Å². The van der Waals surface area contributed by atoms with Crippen LogP contribution in [0.4, 0.5) is 0 Å². The Labute approximate surface area is 131 Å².